The van der Waals surface area contributed by atoms with Crippen molar-refractivity contribution in [3.05, 3.63) is 11.8 Å². The third kappa shape index (κ3) is 5.50. The Kier molecular flexibility index (Phi) is 2.04. The highest BCUT2D eigenvalue weighted by Crippen LogP contribution is 2.04. The number of hydrogen-bond donors (Lipinski definition) is 2. The van der Waals surface area contributed by atoms with Crippen LogP contribution in [0.3, 0.4) is 0 Å². The van der Waals surface area contributed by atoms with Crippen LogP contribution in [-0.4, -0.2) is 15.8 Å². The van der Waals surface area contributed by atoms with Crippen LogP contribution < -0.4 is 0 Å². The fourth-order valence-corrected chi connectivity index (χ4v) is 0.511. The second-order valence-electron chi connectivity index (χ2n) is 2.44. The summed E-state index contributed by atoms with van der Waals surface area (Å²) in [5.41, 5.74) is -0.890. The lowest BCUT2D eigenvalue weighted by Gasteiger charge is -2.09. The second-order valence-corrected chi connectivity index (χ2v) is 2.44. The van der Waals surface area contributed by atoms with Gasteiger partial charge >= 0.3 is 0 Å². The van der Waals surface area contributed by atoms with E-state index in [1.807, 2.05) is 0 Å². The second kappa shape index (κ2) is 2.18. The molecule has 0 rings (SSSR count). The van der Waals surface area contributed by atoms with Crippen molar-refractivity contribution in [2.75, 3.05) is 0 Å². The zero-order valence-electron chi connectivity index (χ0n) is 5.47. The molecule has 0 amide bonds. The molecule has 0 heterocycles. The molecule has 2 nitrogen and oxygen atoms in total. The van der Waals surface area contributed by atoms with Crippen molar-refractivity contribution in [3.8, 4) is 0 Å². The molecule has 8 heavy (non-hydrogen) atoms. The van der Waals surface area contributed by atoms with E-state index in [2.05, 4.69) is 0 Å². The molecule has 0 saturated carbocycles. The Labute approximate surface area is 49.5 Å². The highest BCUT2D eigenvalue weighted by Gasteiger charge is 2.06. The summed E-state index contributed by atoms with van der Waals surface area (Å²) in [5.74, 6) is 0.150. The van der Waals surface area contributed by atoms with E-state index in [0.29, 0.717) is 0 Å². The first-order chi connectivity index (χ1) is 3.42. The zero-order valence-corrected chi connectivity index (χ0v) is 5.47. The molecule has 0 atom stereocenters. The fraction of sp³-hybridized carbons (Fsp3) is 0.667. The molecular formula is C6H12O2. The molecular weight excluding hydrogens is 104 g/mol. The van der Waals surface area contributed by atoms with E-state index in [-0.39, 0.29) is 5.76 Å². The molecule has 0 saturated heterocycles. The molecule has 0 unspecified atom stereocenters. The quantitative estimate of drug-likeness (QED) is 0.506. The SMILES string of the molecule is CC(O)=CC(C)(C)O. The average molecular weight is 116 g/mol. The molecule has 0 aliphatic rings. The van der Waals surface area contributed by atoms with Crippen molar-refractivity contribution in [1.82, 2.24) is 0 Å². The van der Waals surface area contributed by atoms with Gasteiger partial charge in [-0.05, 0) is 26.8 Å². The Hall–Kier alpha value is -0.500. The Morgan fingerprint density at radius 2 is 1.88 bits per heavy atom. The molecule has 0 spiro atoms. The van der Waals surface area contributed by atoms with E-state index in [4.69, 9.17) is 10.2 Å². The van der Waals surface area contributed by atoms with Crippen LogP contribution in [0.2, 0.25) is 0 Å². The normalized spacial score (nSPS) is 14.2. The molecule has 0 aromatic rings. The smallest absolute Gasteiger partial charge is 0.0880 e. The van der Waals surface area contributed by atoms with Crippen LogP contribution in [0.25, 0.3) is 0 Å². The van der Waals surface area contributed by atoms with Crippen LogP contribution in [-0.2, 0) is 0 Å². The van der Waals surface area contributed by atoms with Crippen molar-refractivity contribution < 1.29 is 10.2 Å². The first-order valence-electron chi connectivity index (χ1n) is 2.52. The number of aliphatic hydroxyl groups is 2. The minimum absolute atomic E-state index is 0.150. The van der Waals surface area contributed by atoms with Gasteiger partial charge < -0.3 is 10.2 Å². The number of rotatable bonds is 1. The Bertz CT molecular complexity index is 93.6. The van der Waals surface area contributed by atoms with Gasteiger partial charge in [-0.1, -0.05) is 0 Å². The number of allylic oxidation sites excluding steroid dienone is 1. The van der Waals surface area contributed by atoms with Gasteiger partial charge in [-0.3, -0.25) is 0 Å². The molecule has 0 bridgehead atoms. The van der Waals surface area contributed by atoms with Crippen molar-refractivity contribution in [3.63, 3.8) is 0 Å². The van der Waals surface area contributed by atoms with E-state index in [0.717, 1.165) is 0 Å². The van der Waals surface area contributed by atoms with Crippen LogP contribution in [0.1, 0.15) is 20.8 Å². The molecule has 0 fully saturated rings. The Balaban J connectivity index is 3.89. The summed E-state index contributed by atoms with van der Waals surface area (Å²) in [7, 11) is 0. The van der Waals surface area contributed by atoms with Gasteiger partial charge in [-0.25, -0.2) is 0 Å². The molecule has 0 aromatic carbocycles. The maximum atomic E-state index is 8.95. The lowest BCUT2D eigenvalue weighted by atomic mass is 10.1. The van der Waals surface area contributed by atoms with E-state index < -0.39 is 5.60 Å². The van der Waals surface area contributed by atoms with E-state index in [1.165, 1.54) is 13.0 Å². The van der Waals surface area contributed by atoms with Gasteiger partial charge in [0.15, 0.2) is 0 Å². The Morgan fingerprint density at radius 3 is 1.88 bits per heavy atom. The minimum Gasteiger partial charge on any atom is -0.513 e. The monoisotopic (exact) mass is 116 g/mol. The van der Waals surface area contributed by atoms with Crippen LogP contribution in [0, 0.1) is 0 Å². The van der Waals surface area contributed by atoms with Gasteiger partial charge in [0.2, 0.25) is 0 Å². The van der Waals surface area contributed by atoms with Crippen LogP contribution in [0.4, 0.5) is 0 Å². The van der Waals surface area contributed by atoms with Gasteiger partial charge in [0.25, 0.3) is 0 Å². The molecule has 2 heteroatoms. The fourth-order valence-electron chi connectivity index (χ4n) is 0.511. The minimum atomic E-state index is -0.890. The maximum absolute atomic E-state index is 8.95. The number of aliphatic hydroxyl groups excluding tert-OH is 1. The topological polar surface area (TPSA) is 40.5 Å². The summed E-state index contributed by atoms with van der Waals surface area (Å²) >= 11 is 0. The van der Waals surface area contributed by atoms with Gasteiger partial charge in [-0.15, -0.1) is 0 Å². The van der Waals surface area contributed by atoms with Crippen LogP contribution in [0.5, 0.6) is 0 Å². The zero-order chi connectivity index (χ0) is 6.78. The highest BCUT2D eigenvalue weighted by molar-refractivity contribution is 4.97. The lowest BCUT2D eigenvalue weighted by Crippen LogP contribution is -2.14. The van der Waals surface area contributed by atoms with E-state index in [9.17, 15) is 0 Å². The van der Waals surface area contributed by atoms with Gasteiger partial charge in [0.1, 0.15) is 0 Å². The predicted octanol–water partition coefficient (Wildman–Crippen LogP) is 1.22. The molecule has 0 aromatic heterocycles. The third-order valence-corrected chi connectivity index (χ3v) is 0.562. The van der Waals surface area contributed by atoms with Crippen LogP contribution >= 0.6 is 0 Å². The van der Waals surface area contributed by atoms with Crippen molar-refractivity contribution >= 4 is 0 Å². The molecule has 0 aliphatic carbocycles. The van der Waals surface area contributed by atoms with Crippen LogP contribution in [0.15, 0.2) is 11.8 Å². The summed E-state index contributed by atoms with van der Waals surface area (Å²) in [5, 5.41) is 17.5. The van der Waals surface area contributed by atoms with E-state index in [1.54, 1.807) is 13.8 Å². The first kappa shape index (κ1) is 7.50. The van der Waals surface area contributed by atoms with Crippen molar-refractivity contribution in [2.24, 2.45) is 0 Å². The van der Waals surface area contributed by atoms with Crippen molar-refractivity contribution in [2.45, 2.75) is 26.4 Å². The summed E-state index contributed by atoms with van der Waals surface area (Å²) in [4.78, 5) is 0. The lowest BCUT2D eigenvalue weighted by molar-refractivity contribution is 0.128. The highest BCUT2D eigenvalue weighted by atomic mass is 16.3. The number of hydrogen-bond acceptors (Lipinski definition) is 2. The van der Waals surface area contributed by atoms with Gasteiger partial charge in [0, 0.05) is 0 Å². The summed E-state index contributed by atoms with van der Waals surface area (Å²) in [6.45, 7) is 4.73. The average Bonchev–Trinajstić information content (AvgIpc) is 1.21. The molecule has 0 aliphatic heterocycles. The third-order valence-electron chi connectivity index (χ3n) is 0.562. The molecule has 48 valence electrons. The summed E-state index contributed by atoms with van der Waals surface area (Å²) in [6, 6.07) is 0. The van der Waals surface area contributed by atoms with Gasteiger partial charge in [0.05, 0.1) is 11.4 Å². The first-order valence-corrected chi connectivity index (χ1v) is 2.52. The predicted molar refractivity (Wildman–Crippen MR) is 32.7 cm³/mol. The van der Waals surface area contributed by atoms with Gasteiger partial charge in [-0.2, -0.15) is 0 Å². The largest absolute Gasteiger partial charge is 0.513 e. The van der Waals surface area contributed by atoms with E-state index >= 15 is 0 Å². The summed E-state index contributed by atoms with van der Waals surface area (Å²) < 4.78 is 0. The maximum Gasteiger partial charge on any atom is 0.0880 e. The standard InChI is InChI=1S/C6H12O2/c1-5(7)4-6(2,3)8/h4,7-8H,1-3H3. The molecule has 0 radical (unpaired) electrons. The molecule has 2 N–H and O–H groups in total. The Morgan fingerprint density at radius 1 is 1.50 bits per heavy atom. The van der Waals surface area contributed by atoms with Crippen molar-refractivity contribution in [1.29, 1.82) is 0 Å². The summed E-state index contributed by atoms with van der Waals surface area (Å²) in [6.07, 6.45) is 1.38.